The van der Waals surface area contributed by atoms with Gasteiger partial charge >= 0.3 is 0 Å². The molecule has 0 aromatic heterocycles. The predicted molar refractivity (Wildman–Crippen MR) is 112 cm³/mol. The van der Waals surface area contributed by atoms with Crippen LogP contribution in [0.3, 0.4) is 0 Å². The molecule has 0 aliphatic rings. The van der Waals surface area contributed by atoms with E-state index in [0.29, 0.717) is 0 Å². The van der Waals surface area contributed by atoms with Gasteiger partial charge in [-0.25, -0.2) is 0 Å². The summed E-state index contributed by atoms with van der Waals surface area (Å²) in [5, 5.41) is 7.71. The van der Waals surface area contributed by atoms with Gasteiger partial charge in [0.2, 0.25) is 0 Å². The van der Waals surface area contributed by atoms with Gasteiger partial charge in [-0.05, 0) is 55.6 Å². The quantitative estimate of drug-likeness (QED) is 0.262. The Balaban J connectivity index is 1.80. The number of halogens is 1. The molecule has 0 aliphatic carbocycles. The topological polar surface area (TPSA) is 0 Å². The average molecular weight is 383 g/mol. The molecule has 0 aliphatic heterocycles. The fraction of sp³-hybridized carbons (Fsp3) is 0. The standard InChI is InChI=1S/C24H15Br/c25-24-14-13-21(22-7-3-4-8-23(22)24)18-11-12-20-17(15-18)10-9-16-5-1-2-6-19(16)20/h1-15H. The first-order valence-corrected chi connectivity index (χ1v) is 9.20. The van der Waals surface area contributed by atoms with Gasteiger partial charge in [-0.2, -0.15) is 0 Å². The molecule has 0 bridgehead atoms. The predicted octanol–water partition coefficient (Wildman–Crippen LogP) is 7.58. The minimum atomic E-state index is 1.14. The number of fused-ring (bicyclic) bond motifs is 4. The number of rotatable bonds is 1. The summed E-state index contributed by atoms with van der Waals surface area (Å²) < 4.78 is 1.14. The second kappa shape index (κ2) is 5.72. The van der Waals surface area contributed by atoms with Crippen molar-refractivity contribution in [3.05, 3.63) is 95.5 Å². The summed E-state index contributed by atoms with van der Waals surface area (Å²) in [5.41, 5.74) is 2.53. The Morgan fingerprint density at radius 3 is 2.04 bits per heavy atom. The van der Waals surface area contributed by atoms with Crippen LogP contribution < -0.4 is 0 Å². The maximum absolute atomic E-state index is 3.67. The van der Waals surface area contributed by atoms with Crippen LogP contribution in [0.2, 0.25) is 0 Å². The van der Waals surface area contributed by atoms with Gasteiger partial charge < -0.3 is 0 Å². The molecule has 0 fully saturated rings. The van der Waals surface area contributed by atoms with Crippen molar-refractivity contribution in [3.63, 3.8) is 0 Å². The molecular weight excluding hydrogens is 368 g/mol. The molecule has 5 aromatic carbocycles. The van der Waals surface area contributed by atoms with Crippen LogP contribution in [0.4, 0.5) is 0 Å². The molecule has 0 N–H and O–H groups in total. The third kappa shape index (κ3) is 2.35. The smallest absolute Gasteiger partial charge is 0.0254 e. The van der Waals surface area contributed by atoms with Crippen molar-refractivity contribution in [1.82, 2.24) is 0 Å². The van der Waals surface area contributed by atoms with Crippen LogP contribution in [-0.4, -0.2) is 0 Å². The van der Waals surface area contributed by atoms with E-state index in [1.165, 1.54) is 43.4 Å². The van der Waals surface area contributed by atoms with Crippen molar-refractivity contribution in [3.8, 4) is 11.1 Å². The summed E-state index contributed by atoms with van der Waals surface area (Å²) in [4.78, 5) is 0. The molecule has 0 radical (unpaired) electrons. The monoisotopic (exact) mass is 382 g/mol. The summed E-state index contributed by atoms with van der Waals surface area (Å²) in [7, 11) is 0. The Bertz CT molecular complexity index is 1250. The van der Waals surface area contributed by atoms with Crippen molar-refractivity contribution in [1.29, 1.82) is 0 Å². The van der Waals surface area contributed by atoms with Gasteiger partial charge in [0.05, 0.1) is 0 Å². The fourth-order valence-corrected chi connectivity index (χ4v) is 4.17. The molecular formula is C24H15Br. The van der Waals surface area contributed by atoms with Crippen LogP contribution in [0.15, 0.2) is 95.5 Å². The summed E-state index contributed by atoms with van der Waals surface area (Å²) in [6, 6.07) is 32.7. The Morgan fingerprint density at radius 1 is 0.480 bits per heavy atom. The lowest BCUT2D eigenvalue weighted by molar-refractivity contribution is 1.66. The van der Waals surface area contributed by atoms with Crippen molar-refractivity contribution in [2.24, 2.45) is 0 Å². The van der Waals surface area contributed by atoms with Crippen LogP contribution in [0.5, 0.6) is 0 Å². The molecule has 0 nitrogen and oxygen atoms in total. The van der Waals surface area contributed by atoms with Crippen LogP contribution in [0, 0.1) is 0 Å². The average Bonchev–Trinajstić information content (AvgIpc) is 2.68. The molecule has 25 heavy (non-hydrogen) atoms. The van der Waals surface area contributed by atoms with Gasteiger partial charge in [0.1, 0.15) is 0 Å². The summed E-state index contributed by atoms with van der Waals surface area (Å²) in [6.07, 6.45) is 0. The van der Waals surface area contributed by atoms with E-state index in [1.807, 2.05) is 0 Å². The molecule has 0 heterocycles. The zero-order valence-corrected chi connectivity index (χ0v) is 15.1. The zero-order valence-electron chi connectivity index (χ0n) is 13.5. The molecule has 0 saturated carbocycles. The molecule has 0 spiro atoms. The Hall–Kier alpha value is -2.64. The zero-order chi connectivity index (χ0) is 16.8. The highest BCUT2D eigenvalue weighted by molar-refractivity contribution is 9.10. The van der Waals surface area contributed by atoms with Gasteiger partial charge in [-0.15, -0.1) is 0 Å². The highest BCUT2D eigenvalue weighted by Crippen LogP contribution is 2.35. The third-order valence-electron chi connectivity index (χ3n) is 4.93. The maximum atomic E-state index is 3.67. The van der Waals surface area contributed by atoms with E-state index in [9.17, 15) is 0 Å². The highest BCUT2D eigenvalue weighted by Gasteiger charge is 2.08. The summed E-state index contributed by atoms with van der Waals surface area (Å²) >= 11 is 3.67. The van der Waals surface area contributed by atoms with Crippen molar-refractivity contribution >= 4 is 48.2 Å². The van der Waals surface area contributed by atoms with Crippen LogP contribution in [0.1, 0.15) is 0 Å². The number of hydrogen-bond donors (Lipinski definition) is 0. The molecule has 118 valence electrons. The number of hydrogen-bond acceptors (Lipinski definition) is 0. The second-order valence-corrected chi connectivity index (χ2v) is 7.22. The van der Waals surface area contributed by atoms with E-state index in [0.717, 1.165) is 4.47 Å². The van der Waals surface area contributed by atoms with Gasteiger partial charge in [-0.1, -0.05) is 94.8 Å². The van der Waals surface area contributed by atoms with Crippen LogP contribution >= 0.6 is 15.9 Å². The van der Waals surface area contributed by atoms with E-state index in [1.54, 1.807) is 0 Å². The largest absolute Gasteiger partial charge is 0.0616 e. The Kier molecular flexibility index (Phi) is 3.36. The van der Waals surface area contributed by atoms with Crippen LogP contribution in [-0.2, 0) is 0 Å². The van der Waals surface area contributed by atoms with E-state index < -0.39 is 0 Å². The molecule has 5 rings (SSSR count). The van der Waals surface area contributed by atoms with Gasteiger partial charge in [0.25, 0.3) is 0 Å². The molecule has 0 amide bonds. The lowest BCUT2D eigenvalue weighted by Crippen LogP contribution is -1.84. The van der Waals surface area contributed by atoms with Gasteiger partial charge in [-0.3, -0.25) is 0 Å². The molecule has 1 heteroatoms. The maximum Gasteiger partial charge on any atom is 0.0254 e. The minimum absolute atomic E-state index is 1.14. The lowest BCUT2D eigenvalue weighted by Gasteiger charge is -2.11. The SMILES string of the molecule is Brc1ccc(-c2ccc3c(ccc4ccccc43)c2)c2ccccc12. The Labute approximate surface area is 154 Å². The molecule has 0 atom stereocenters. The first kappa shape index (κ1) is 14.7. The fourth-order valence-electron chi connectivity index (χ4n) is 3.69. The third-order valence-corrected chi connectivity index (χ3v) is 5.62. The first-order chi connectivity index (χ1) is 12.3. The molecule has 0 saturated heterocycles. The minimum Gasteiger partial charge on any atom is -0.0616 e. The van der Waals surface area contributed by atoms with Gasteiger partial charge in [0.15, 0.2) is 0 Å². The molecule has 5 aromatic rings. The van der Waals surface area contributed by atoms with Crippen LogP contribution in [0.25, 0.3) is 43.4 Å². The summed E-state index contributed by atoms with van der Waals surface area (Å²) in [6.45, 7) is 0. The number of benzene rings is 5. The van der Waals surface area contributed by atoms with Crippen molar-refractivity contribution < 1.29 is 0 Å². The first-order valence-electron chi connectivity index (χ1n) is 8.40. The van der Waals surface area contributed by atoms with Crippen molar-refractivity contribution in [2.75, 3.05) is 0 Å². The second-order valence-electron chi connectivity index (χ2n) is 6.36. The Morgan fingerprint density at radius 2 is 1.16 bits per heavy atom. The van der Waals surface area contributed by atoms with E-state index >= 15 is 0 Å². The highest BCUT2D eigenvalue weighted by atomic mass is 79.9. The van der Waals surface area contributed by atoms with E-state index in [4.69, 9.17) is 0 Å². The summed E-state index contributed by atoms with van der Waals surface area (Å²) in [5.74, 6) is 0. The van der Waals surface area contributed by atoms with Crippen molar-refractivity contribution in [2.45, 2.75) is 0 Å². The normalized spacial score (nSPS) is 11.4. The molecule has 0 unspecified atom stereocenters. The van der Waals surface area contributed by atoms with E-state index in [-0.39, 0.29) is 0 Å². The van der Waals surface area contributed by atoms with E-state index in [2.05, 4.69) is 107 Å². The van der Waals surface area contributed by atoms with Gasteiger partial charge in [0, 0.05) is 4.47 Å². The lowest BCUT2D eigenvalue weighted by atomic mass is 9.94.